The number of carbonyl (C=O) groups is 2. The van der Waals surface area contributed by atoms with Crippen LogP contribution < -0.4 is 15.0 Å². The molecule has 47 heavy (non-hydrogen) atoms. The molecule has 1 N–H and O–H groups in total. The lowest BCUT2D eigenvalue weighted by Crippen LogP contribution is -2.46. The largest absolute Gasteiger partial charge is 0.493 e. The number of fused-ring (bicyclic) bond motifs is 1. The summed E-state index contributed by atoms with van der Waals surface area (Å²) >= 11 is 0. The van der Waals surface area contributed by atoms with Crippen LogP contribution in [0.2, 0.25) is 0 Å². The first-order valence-electron chi connectivity index (χ1n) is 17.1. The van der Waals surface area contributed by atoms with Gasteiger partial charge < -0.3 is 24.6 Å². The van der Waals surface area contributed by atoms with Gasteiger partial charge in [-0.05, 0) is 83.2 Å². The number of likely N-dealkylation sites (tertiary alicyclic amines) is 2. The fourth-order valence-corrected chi connectivity index (χ4v) is 8.06. The number of sulfone groups is 1. The zero-order valence-corrected chi connectivity index (χ0v) is 28.4. The Kier molecular flexibility index (Phi) is 10.5. The molecule has 0 spiro atoms. The number of nitrogens with one attached hydrogen (secondary N) is 1. The summed E-state index contributed by atoms with van der Waals surface area (Å²) in [6, 6.07) is 7.94. The van der Waals surface area contributed by atoms with Crippen LogP contribution in [0.4, 0.5) is 17.5 Å². The van der Waals surface area contributed by atoms with E-state index in [2.05, 4.69) is 26.2 Å². The number of ether oxygens (including phenoxy) is 2. The molecule has 2 aromatic rings. The van der Waals surface area contributed by atoms with Gasteiger partial charge in [0.25, 0.3) is 0 Å². The number of anilines is 3. The topological polar surface area (TPSA) is 134 Å². The van der Waals surface area contributed by atoms with Crippen molar-refractivity contribution < 1.29 is 27.5 Å². The van der Waals surface area contributed by atoms with E-state index in [-0.39, 0.29) is 41.7 Å². The summed E-state index contributed by atoms with van der Waals surface area (Å²) in [6.07, 6.45) is 10.9. The van der Waals surface area contributed by atoms with E-state index in [0.717, 1.165) is 80.9 Å². The van der Waals surface area contributed by atoms with Crippen LogP contribution in [0.1, 0.15) is 63.4 Å². The summed E-state index contributed by atoms with van der Waals surface area (Å²) in [6.45, 7) is 3.35. The van der Waals surface area contributed by atoms with Crippen LogP contribution in [0.3, 0.4) is 0 Å². The van der Waals surface area contributed by atoms with E-state index in [9.17, 15) is 18.0 Å². The van der Waals surface area contributed by atoms with Gasteiger partial charge >= 0.3 is 5.97 Å². The number of amides is 1. The molecule has 4 heterocycles. The number of benzene rings is 1. The van der Waals surface area contributed by atoms with Crippen LogP contribution in [0.5, 0.6) is 5.75 Å². The predicted octanol–water partition coefficient (Wildman–Crippen LogP) is 3.58. The Labute approximate surface area is 278 Å². The first-order valence-corrected chi connectivity index (χ1v) is 19.2. The molecule has 1 aliphatic carbocycles. The maximum absolute atomic E-state index is 13.4. The molecule has 0 bridgehead atoms. The molecule has 1 aromatic heterocycles. The number of hydrogen-bond donors (Lipinski definition) is 1. The number of hydrogen-bond acceptors (Lipinski definition) is 11. The molecule has 1 amide bonds. The standard InChI is InChI=1S/C34H48N6O6S/c1-38-18-4-7-29(38)33(42)46-26-14-19-39(20-15-26)32(41)24-9-11-25(12-10-24)36-34-35-17-13-31(37-34)40-21-16-27-28(40)6-3-8-30(27)45-22-5-23-47(2,43)44/h3,6,8,13,17,24-26,29H,4-5,7,9-12,14-16,18-23H2,1-2H3,(H,35,36,37)/t24-,25-,29-/m0/s1. The summed E-state index contributed by atoms with van der Waals surface area (Å²) in [4.78, 5) is 41.5. The van der Waals surface area contributed by atoms with Crippen LogP contribution in [0.15, 0.2) is 30.5 Å². The lowest BCUT2D eigenvalue weighted by atomic mass is 9.85. The number of esters is 1. The molecule has 6 rings (SSSR count). The Bertz CT molecular complexity index is 1520. The van der Waals surface area contributed by atoms with Crippen molar-refractivity contribution >= 4 is 39.2 Å². The van der Waals surface area contributed by atoms with Crippen molar-refractivity contribution in [2.75, 3.05) is 62.1 Å². The minimum Gasteiger partial charge on any atom is -0.493 e. The minimum absolute atomic E-state index is 0.0235. The van der Waals surface area contributed by atoms with E-state index in [1.165, 1.54) is 6.26 Å². The summed E-state index contributed by atoms with van der Waals surface area (Å²) < 4.78 is 34.7. The molecule has 2 saturated heterocycles. The lowest BCUT2D eigenvalue weighted by Gasteiger charge is -2.36. The van der Waals surface area contributed by atoms with Crippen molar-refractivity contribution in [2.45, 2.75) is 82.4 Å². The Hall–Kier alpha value is -3.45. The van der Waals surface area contributed by atoms with Gasteiger partial charge in [-0.1, -0.05) is 6.07 Å². The first kappa shape index (κ1) is 33.5. The minimum atomic E-state index is -3.01. The zero-order chi connectivity index (χ0) is 33.0. The summed E-state index contributed by atoms with van der Waals surface area (Å²) in [7, 11) is -1.03. The fraction of sp³-hybridized carbons (Fsp3) is 0.647. The molecule has 12 nitrogen and oxygen atoms in total. The number of aromatic nitrogens is 2. The highest BCUT2D eigenvalue weighted by atomic mass is 32.2. The third-order valence-electron chi connectivity index (χ3n) is 10.1. The average Bonchev–Trinajstić information content (AvgIpc) is 3.70. The highest BCUT2D eigenvalue weighted by Crippen LogP contribution is 2.39. The van der Waals surface area contributed by atoms with Crippen molar-refractivity contribution in [3.8, 4) is 5.75 Å². The Morgan fingerprint density at radius 2 is 1.79 bits per heavy atom. The SMILES string of the molecule is CN1CCC[C@H]1C(=O)OC1CCN(C(=O)[C@H]2CC[C@H](Nc3nccc(N4CCc5c(OCCCS(C)(=O)=O)cccc54)n3)CC2)CC1. The Morgan fingerprint density at radius 1 is 1.00 bits per heavy atom. The van der Waals surface area contributed by atoms with Gasteiger partial charge in [0.05, 0.1) is 12.4 Å². The third kappa shape index (κ3) is 8.35. The quantitative estimate of drug-likeness (QED) is 0.278. The molecule has 256 valence electrons. The smallest absolute Gasteiger partial charge is 0.323 e. The van der Waals surface area contributed by atoms with Gasteiger partial charge in [0, 0.05) is 68.1 Å². The molecular weight excluding hydrogens is 620 g/mol. The highest BCUT2D eigenvalue weighted by molar-refractivity contribution is 7.90. The summed E-state index contributed by atoms with van der Waals surface area (Å²) in [5, 5.41) is 3.52. The summed E-state index contributed by atoms with van der Waals surface area (Å²) in [5.41, 5.74) is 2.14. The molecule has 1 saturated carbocycles. The molecule has 0 radical (unpaired) electrons. The second-order valence-electron chi connectivity index (χ2n) is 13.5. The van der Waals surface area contributed by atoms with Crippen LogP contribution in [-0.2, 0) is 30.6 Å². The Balaban J connectivity index is 0.961. The monoisotopic (exact) mass is 668 g/mol. The van der Waals surface area contributed by atoms with Gasteiger partial charge in [-0.25, -0.2) is 13.4 Å². The number of carbonyl (C=O) groups excluding carboxylic acids is 2. The number of piperidine rings is 1. The summed E-state index contributed by atoms with van der Waals surface area (Å²) in [5.74, 6) is 2.43. The lowest BCUT2D eigenvalue weighted by molar-refractivity contribution is -0.157. The van der Waals surface area contributed by atoms with Crippen molar-refractivity contribution in [1.29, 1.82) is 0 Å². The van der Waals surface area contributed by atoms with E-state index in [1.54, 1.807) is 6.20 Å². The zero-order valence-electron chi connectivity index (χ0n) is 27.6. The van der Waals surface area contributed by atoms with E-state index in [1.807, 2.05) is 30.1 Å². The maximum Gasteiger partial charge on any atom is 0.323 e. The molecule has 4 aliphatic rings. The number of likely N-dealkylation sites (N-methyl/N-ethyl adjacent to an activating group) is 1. The molecule has 3 fully saturated rings. The van der Waals surface area contributed by atoms with Gasteiger partial charge in [0.15, 0.2) is 0 Å². The van der Waals surface area contributed by atoms with Crippen LogP contribution in [-0.4, -0.2) is 110 Å². The van der Waals surface area contributed by atoms with Gasteiger partial charge in [-0.2, -0.15) is 4.98 Å². The normalized spacial score (nSPS) is 23.8. The highest BCUT2D eigenvalue weighted by Gasteiger charge is 2.35. The van der Waals surface area contributed by atoms with Crippen molar-refractivity contribution in [2.24, 2.45) is 5.92 Å². The molecule has 1 aromatic carbocycles. The first-order chi connectivity index (χ1) is 22.6. The fourth-order valence-electron chi connectivity index (χ4n) is 7.42. The van der Waals surface area contributed by atoms with Crippen LogP contribution in [0.25, 0.3) is 0 Å². The van der Waals surface area contributed by atoms with E-state index >= 15 is 0 Å². The van der Waals surface area contributed by atoms with Crippen molar-refractivity contribution in [3.63, 3.8) is 0 Å². The van der Waals surface area contributed by atoms with Crippen molar-refractivity contribution in [3.05, 3.63) is 36.0 Å². The van der Waals surface area contributed by atoms with Crippen molar-refractivity contribution in [1.82, 2.24) is 19.8 Å². The van der Waals surface area contributed by atoms with Crippen LogP contribution in [0, 0.1) is 5.92 Å². The van der Waals surface area contributed by atoms with E-state index < -0.39 is 9.84 Å². The molecular formula is C34H48N6O6S. The van der Waals surface area contributed by atoms with Gasteiger partial charge in [0.2, 0.25) is 11.9 Å². The average molecular weight is 669 g/mol. The van der Waals surface area contributed by atoms with Gasteiger partial charge in [-0.3, -0.25) is 14.5 Å². The molecule has 13 heteroatoms. The second kappa shape index (κ2) is 14.8. The predicted molar refractivity (Wildman–Crippen MR) is 180 cm³/mol. The van der Waals surface area contributed by atoms with Gasteiger partial charge in [-0.15, -0.1) is 0 Å². The van der Waals surface area contributed by atoms with Crippen LogP contribution >= 0.6 is 0 Å². The van der Waals surface area contributed by atoms with Gasteiger partial charge in [0.1, 0.15) is 33.6 Å². The van der Waals surface area contributed by atoms with E-state index in [4.69, 9.17) is 14.5 Å². The molecule has 3 aliphatic heterocycles. The number of nitrogens with zero attached hydrogens (tertiary/aromatic N) is 5. The maximum atomic E-state index is 13.4. The Morgan fingerprint density at radius 3 is 2.51 bits per heavy atom. The number of rotatable bonds is 11. The third-order valence-corrected chi connectivity index (χ3v) is 11.1. The molecule has 0 unspecified atom stereocenters. The molecule has 1 atom stereocenters. The van der Waals surface area contributed by atoms with E-state index in [0.29, 0.717) is 44.9 Å². The second-order valence-corrected chi connectivity index (χ2v) is 15.8.